The Bertz CT molecular complexity index is 1050. The van der Waals surface area contributed by atoms with Crippen LogP contribution in [0.1, 0.15) is 11.1 Å². The molecule has 26 heavy (non-hydrogen) atoms. The summed E-state index contributed by atoms with van der Waals surface area (Å²) in [5.41, 5.74) is 2.61. The number of anilines is 3. The predicted molar refractivity (Wildman–Crippen MR) is 107 cm³/mol. The van der Waals surface area contributed by atoms with Crippen LogP contribution in [-0.2, 0) is 0 Å². The van der Waals surface area contributed by atoms with Crippen LogP contribution in [0.15, 0.2) is 60.8 Å². The highest BCUT2D eigenvalue weighted by Crippen LogP contribution is 2.35. The zero-order valence-electron chi connectivity index (χ0n) is 13.4. The fraction of sp³-hybridized carbons (Fsp3) is 0. The first-order valence-corrected chi connectivity index (χ1v) is 8.56. The highest BCUT2D eigenvalue weighted by molar-refractivity contribution is 6.42. The Labute approximate surface area is 160 Å². The Morgan fingerprint density at radius 3 is 2.62 bits per heavy atom. The lowest BCUT2D eigenvalue weighted by Gasteiger charge is -2.25. The number of amidine groups is 2. The summed E-state index contributed by atoms with van der Waals surface area (Å²) in [4.78, 5) is 5.92. The van der Waals surface area contributed by atoms with Gasteiger partial charge in [0.25, 0.3) is 0 Å². The molecule has 0 fully saturated rings. The second kappa shape index (κ2) is 6.44. The molecule has 0 radical (unpaired) electrons. The maximum Gasteiger partial charge on any atom is 0.154 e. The largest absolute Gasteiger partial charge is 0.338 e. The van der Waals surface area contributed by atoms with E-state index in [1.54, 1.807) is 35.4 Å². The average molecular weight is 382 g/mol. The van der Waals surface area contributed by atoms with Gasteiger partial charge in [-0.25, -0.2) is 4.98 Å². The molecule has 0 amide bonds. The molecule has 1 aliphatic heterocycles. The van der Waals surface area contributed by atoms with Gasteiger partial charge in [0.2, 0.25) is 0 Å². The van der Waals surface area contributed by atoms with Crippen molar-refractivity contribution in [1.29, 1.82) is 10.8 Å². The molecular formula is C19H13Cl2N5. The predicted octanol–water partition coefficient (Wildman–Crippen LogP) is 5.30. The van der Waals surface area contributed by atoms with E-state index in [0.29, 0.717) is 32.7 Å². The van der Waals surface area contributed by atoms with Gasteiger partial charge < -0.3 is 5.32 Å². The molecule has 0 saturated carbocycles. The van der Waals surface area contributed by atoms with E-state index in [2.05, 4.69) is 10.3 Å². The zero-order valence-corrected chi connectivity index (χ0v) is 14.9. The molecule has 3 aromatic rings. The Morgan fingerprint density at radius 2 is 1.81 bits per heavy atom. The molecule has 0 unspecified atom stereocenters. The number of hydrogen-bond donors (Lipinski definition) is 3. The van der Waals surface area contributed by atoms with Crippen molar-refractivity contribution in [2.75, 3.05) is 10.2 Å². The van der Waals surface area contributed by atoms with Crippen LogP contribution in [0.4, 0.5) is 17.2 Å². The lowest BCUT2D eigenvalue weighted by molar-refractivity contribution is 1.26. The van der Waals surface area contributed by atoms with Gasteiger partial charge in [-0.1, -0.05) is 35.3 Å². The summed E-state index contributed by atoms with van der Waals surface area (Å²) in [6.45, 7) is 0. The lowest BCUT2D eigenvalue weighted by Crippen LogP contribution is -2.36. The van der Waals surface area contributed by atoms with Gasteiger partial charge in [0, 0.05) is 17.3 Å². The number of fused-ring (bicyclic) bond motifs is 2. The van der Waals surface area contributed by atoms with Crippen molar-refractivity contribution in [2.45, 2.75) is 0 Å². The quantitative estimate of drug-likeness (QED) is 0.395. The molecule has 3 N–H and O–H groups in total. The van der Waals surface area contributed by atoms with E-state index in [4.69, 9.17) is 34.0 Å². The molecule has 7 heteroatoms. The Kier molecular flexibility index (Phi) is 4.11. The second-order valence-electron chi connectivity index (χ2n) is 5.70. The van der Waals surface area contributed by atoms with Crippen molar-refractivity contribution in [3.05, 3.63) is 82.0 Å². The van der Waals surface area contributed by atoms with E-state index in [0.717, 1.165) is 5.69 Å². The minimum absolute atomic E-state index is 0.112. The van der Waals surface area contributed by atoms with Crippen LogP contribution in [-0.4, -0.2) is 16.7 Å². The first-order chi connectivity index (χ1) is 12.6. The normalized spacial score (nSPS) is 12.7. The standard InChI is InChI=1S/C19H13Cl2N5/c20-13-8-7-11(10-14(13)21)17(22)26-16-6-3-9-24-19(16)25-15-5-2-1-4-12(15)18(26)23/h1-10,22-23H,(H,24,25). The number of benzene rings is 2. The van der Waals surface area contributed by atoms with Crippen LogP contribution in [0, 0.1) is 10.8 Å². The van der Waals surface area contributed by atoms with Crippen molar-refractivity contribution in [1.82, 2.24) is 4.98 Å². The minimum Gasteiger partial charge on any atom is -0.338 e. The van der Waals surface area contributed by atoms with Gasteiger partial charge in [0.1, 0.15) is 11.7 Å². The van der Waals surface area contributed by atoms with Crippen LogP contribution in [0.25, 0.3) is 0 Å². The van der Waals surface area contributed by atoms with Gasteiger partial charge in [-0.05, 0) is 42.5 Å². The molecule has 1 aromatic heterocycles. The fourth-order valence-corrected chi connectivity index (χ4v) is 3.14. The maximum atomic E-state index is 8.73. The van der Waals surface area contributed by atoms with Crippen LogP contribution >= 0.6 is 23.2 Å². The Morgan fingerprint density at radius 1 is 1.00 bits per heavy atom. The highest BCUT2D eigenvalue weighted by atomic mass is 35.5. The topological polar surface area (TPSA) is 75.9 Å². The molecular weight excluding hydrogens is 369 g/mol. The van der Waals surface area contributed by atoms with Gasteiger partial charge in [-0.15, -0.1) is 0 Å². The molecule has 2 heterocycles. The molecule has 4 rings (SSSR count). The molecule has 5 nitrogen and oxygen atoms in total. The monoisotopic (exact) mass is 381 g/mol. The molecule has 1 aliphatic rings. The number of rotatable bonds is 1. The molecule has 2 aromatic carbocycles. The van der Waals surface area contributed by atoms with Gasteiger partial charge in [-0.3, -0.25) is 15.7 Å². The second-order valence-corrected chi connectivity index (χ2v) is 6.52. The number of hydrogen-bond acceptors (Lipinski definition) is 4. The zero-order chi connectivity index (χ0) is 18.3. The average Bonchev–Trinajstić information content (AvgIpc) is 2.77. The maximum absolute atomic E-state index is 8.73. The SMILES string of the molecule is N=C(c1ccc(Cl)c(Cl)c1)N1C(=N)c2ccccc2Nc2ncccc21. The van der Waals surface area contributed by atoms with E-state index in [-0.39, 0.29) is 11.7 Å². The fourth-order valence-electron chi connectivity index (χ4n) is 2.85. The summed E-state index contributed by atoms with van der Waals surface area (Å²) < 4.78 is 0. The lowest BCUT2D eigenvalue weighted by atomic mass is 10.1. The molecule has 128 valence electrons. The van der Waals surface area contributed by atoms with Crippen molar-refractivity contribution >= 4 is 52.1 Å². The van der Waals surface area contributed by atoms with Crippen LogP contribution in [0.5, 0.6) is 0 Å². The minimum atomic E-state index is 0.112. The summed E-state index contributed by atoms with van der Waals surface area (Å²) in [5.74, 6) is 0.865. The highest BCUT2D eigenvalue weighted by Gasteiger charge is 2.28. The van der Waals surface area contributed by atoms with E-state index >= 15 is 0 Å². The number of halogens is 2. The smallest absolute Gasteiger partial charge is 0.154 e. The van der Waals surface area contributed by atoms with E-state index in [1.165, 1.54) is 0 Å². The molecule has 0 saturated heterocycles. The van der Waals surface area contributed by atoms with Gasteiger partial charge in [0.05, 0.1) is 21.4 Å². The van der Waals surface area contributed by atoms with Gasteiger partial charge >= 0.3 is 0 Å². The Hall–Kier alpha value is -2.89. The van der Waals surface area contributed by atoms with E-state index in [9.17, 15) is 0 Å². The summed E-state index contributed by atoms with van der Waals surface area (Å²) in [5, 5.41) is 21.5. The number of nitrogens with zero attached hydrogens (tertiary/aromatic N) is 2. The third kappa shape index (κ3) is 2.71. The molecule has 0 atom stereocenters. The number of aromatic nitrogens is 1. The molecule has 0 aliphatic carbocycles. The number of nitrogens with one attached hydrogen (secondary N) is 3. The molecule has 0 spiro atoms. The summed E-state index contributed by atoms with van der Waals surface area (Å²) in [6, 6.07) is 16.1. The van der Waals surface area contributed by atoms with Gasteiger partial charge in [0.15, 0.2) is 5.82 Å². The summed E-state index contributed by atoms with van der Waals surface area (Å²) in [7, 11) is 0. The third-order valence-corrected chi connectivity index (χ3v) is 4.84. The summed E-state index contributed by atoms with van der Waals surface area (Å²) in [6.07, 6.45) is 1.67. The van der Waals surface area contributed by atoms with Crippen LogP contribution < -0.4 is 10.2 Å². The van der Waals surface area contributed by atoms with Crippen molar-refractivity contribution in [2.24, 2.45) is 0 Å². The van der Waals surface area contributed by atoms with Crippen molar-refractivity contribution in [3.8, 4) is 0 Å². The van der Waals surface area contributed by atoms with Crippen LogP contribution in [0.3, 0.4) is 0 Å². The third-order valence-electron chi connectivity index (χ3n) is 4.10. The first-order valence-electron chi connectivity index (χ1n) is 7.80. The number of para-hydroxylation sites is 1. The van der Waals surface area contributed by atoms with Gasteiger partial charge in [-0.2, -0.15) is 0 Å². The van der Waals surface area contributed by atoms with Crippen molar-refractivity contribution in [3.63, 3.8) is 0 Å². The number of pyridine rings is 1. The van der Waals surface area contributed by atoms with Crippen molar-refractivity contribution < 1.29 is 0 Å². The van der Waals surface area contributed by atoms with E-state index < -0.39 is 0 Å². The van der Waals surface area contributed by atoms with E-state index in [1.807, 2.05) is 30.3 Å². The first kappa shape index (κ1) is 16.6. The Balaban J connectivity index is 1.89. The van der Waals surface area contributed by atoms with Crippen LogP contribution in [0.2, 0.25) is 10.0 Å². The molecule has 0 bridgehead atoms. The summed E-state index contributed by atoms with van der Waals surface area (Å²) >= 11 is 12.1.